The van der Waals surface area contributed by atoms with Crippen LogP contribution in [0.3, 0.4) is 0 Å². The monoisotopic (exact) mass is 547 g/mol. The van der Waals surface area contributed by atoms with Crippen molar-refractivity contribution in [3.05, 3.63) is 76.9 Å². The Balaban J connectivity index is 1.89. The Morgan fingerprint density at radius 1 is 1.18 bits per heavy atom. The fraction of sp³-hybridized carbons (Fsp3) is 0.387. The molecule has 0 bridgehead atoms. The van der Waals surface area contributed by atoms with Gasteiger partial charge in [-0.15, -0.1) is 0 Å². The molecule has 40 heavy (non-hydrogen) atoms. The van der Waals surface area contributed by atoms with Crippen LogP contribution in [0.5, 0.6) is 5.75 Å². The third-order valence-electron chi connectivity index (χ3n) is 7.86. The maximum absolute atomic E-state index is 15.9. The molecule has 9 heteroatoms. The van der Waals surface area contributed by atoms with Gasteiger partial charge in [0.2, 0.25) is 0 Å². The lowest BCUT2D eigenvalue weighted by Crippen LogP contribution is -2.28. The van der Waals surface area contributed by atoms with Crippen LogP contribution in [-0.2, 0) is 10.3 Å². The number of hydrazine groups is 1. The van der Waals surface area contributed by atoms with Crippen molar-refractivity contribution in [2.24, 2.45) is 17.5 Å². The van der Waals surface area contributed by atoms with Crippen LogP contribution in [0.15, 0.2) is 54.4 Å². The van der Waals surface area contributed by atoms with Gasteiger partial charge in [0.1, 0.15) is 11.6 Å². The van der Waals surface area contributed by atoms with Crippen LogP contribution in [0.4, 0.5) is 4.39 Å². The minimum atomic E-state index is -1.07. The van der Waals surface area contributed by atoms with Crippen LogP contribution in [0.25, 0.3) is 27.6 Å². The van der Waals surface area contributed by atoms with Crippen LogP contribution in [0.1, 0.15) is 56.3 Å². The van der Waals surface area contributed by atoms with Crippen LogP contribution < -0.4 is 16.3 Å². The van der Waals surface area contributed by atoms with Gasteiger partial charge in [-0.2, -0.15) is 0 Å². The maximum Gasteiger partial charge on any atom is 0.132 e. The Bertz CT molecular complexity index is 1580. The first kappa shape index (κ1) is 27.9. The molecule has 8 nitrogen and oxygen atoms in total. The molecule has 5 N–H and O–H groups in total. The second-order valence-corrected chi connectivity index (χ2v) is 11.2. The molecule has 4 aromatic rings. The SMILES string of the molecule is COc1ccc(C(C2CCOCC2)n2c3cc(C(C)(C)O)ccc3c3ncc(/C(=C(\C)N)N(C)N)cc32)c(F)c1. The molecule has 1 atom stereocenters. The summed E-state index contributed by atoms with van der Waals surface area (Å²) in [5.74, 6) is 6.38. The van der Waals surface area contributed by atoms with Gasteiger partial charge < -0.3 is 29.9 Å². The van der Waals surface area contributed by atoms with Crippen molar-refractivity contribution in [3.63, 3.8) is 0 Å². The number of rotatable bonds is 7. The summed E-state index contributed by atoms with van der Waals surface area (Å²) in [6.45, 7) is 6.52. The lowest BCUT2D eigenvalue weighted by atomic mass is 9.86. The molecule has 0 spiro atoms. The summed E-state index contributed by atoms with van der Waals surface area (Å²) in [6, 6.07) is 12.6. The van der Waals surface area contributed by atoms with Gasteiger partial charge in [0, 0.05) is 54.7 Å². The molecule has 1 unspecified atom stereocenters. The molecule has 212 valence electrons. The van der Waals surface area contributed by atoms with Crippen LogP contribution in [-0.4, -0.2) is 47.0 Å². The van der Waals surface area contributed by atoms with Crippen molar-refractivity contribution in [2.45, 2.75) is 45.3 Å². The lowest BCUT2D eigenvalue weighted by molar-refractivity contribution is 0.0548. The van der Waals surface area contributed by atoms with E-state index in [-0.39, 0.29) is 17.8 Å². The van der Waals surface area contributed by atoms with Gasteiger partial charge >= 0.3 is 0 Å². The molecule has 3 heterocycles. The highest BCUT2D eigenvalue weighted by Crippen LogP contribution is 2.43. The van der Waals surface area contributed by atoms with Crippen LogP contribution in [0, 0.1) is 11.7 Å². The molecule has 5 rings (SSSR count). The third-order valence-corrected chi connectivity index (χ3v) is 7.86. The minimum Gasteiger partial charge on any atom is -0.497 e. The number of hydrogen-bond donors (Lipinski definition) is 3. The quantitative estimate of drug-likeness (QED) is 0.220. The Kier molecular flexibility index (Phi) is 7.48. The molecule has 1 fully saturated rings. The summed E-state index contributed by atoms with van der Waals surface area (Å²) in [4.78, 5) is 4.88. The van der Waals surface area contributed by atoms with Gasteiger partial charge in [-0.25, -0.2) is 10.2 Å². The molecule has 0 amide bonds. The number of aliphatic hydroxyl groups is 1. The van der Waals surface area contributed by atoms with Crippen LogP contribution in [0.2, 0.25) is 0 Å². The summed E-state index contributed by atoms with van der Waals surface area (Å²) in [7, 11) is 3.26. The number of allylic oxidation sites excluding steroid dienone is 1. The van der Waals surface area contributed by atoms with Crippen LogP contribution >= 0.6 is 0 Å². The molecule has 1 saturated heterocycles. The average Bonchev–Trinajstić information content (AvgIpc) is 3.22. The number of benzene rings is 2. The number of ether oxygens (including phenoxy) is 2. The second-order valence-electron chi connectivity index (χ2n) is 11.2. The minimum absolute atomic E-state index is 0.0910. The van der Waals surface area contributed by atoms with E-state index in [0.29, 0.717) is 35.9 Å². The molecule has 1 aliphatic heterocycles. The van der Waals surface area contributed by atoms with Gasteiger partial charge in [-0.05, 0) is 63.3 Å². The number of halogens is 1. The third kappa shape index (κ3) is 5.00. The number of fused-ring (bicyclic) bond motifs is 3. The highest BCUT2D eigenvalue weighted by atomic mass is 19.1. The molecule has 0 saturated carbocycles. The van der Waals surface area contributed by atoms with Crippen molar-refractivity contribution < 1.29 is 19.0 Å². The number of nitrogens with two attached hydrogens (primary N) is 2. The molecular formula is C31H38FN5O3. The zero-order valence-corrected chi connectivity index (χ0v) is 23.7. The highest BCUT2D eigenvalue weighted by molar-refractivity contribution is 6.06. The number of pyridine rings is 1. The summed E-state index contributed by atoms with van der Waals surface area (Å²) < 4.78 is 29.1. The summed E-state index contributed by atoms with van der Waals surface area (Å²) in [6.07, 6.45) is 3.31. The maximum atomic E-state index is 15.9. The second kappa shape index (κ2) is 10.7. The largest absolute Gasteiger partial charge is 0.497 e. The zero-order valence-electron chi connectivity index (χ0n) is 23.7. The van der Waals surface area contributed by atoms with E-state index in [1.165, 1.54) is 18.2 Å². The van der Waals surface area contributed by atoms with E-state index >= 15 is 4.39 Å². The predicted octanol–water partition coefficient (Wildman–Crippen LogP) is 5.03. The van der Waals surface area contributed by atoms with Crippen molar-refractivity contribution in [1.29, 1.82) is 0 Å². The topological polar surface area (TPSA) is 112 Å². The van der Waals surface area contributed by atoms with Crippen molar-refractivity contribution in [1.82, 2.24) is 14.6 Å². The number of nitrogens with zero attached hydrogens (tertiary/aromatic N) is 3. The van der Waals surface area contributed by atoms with E-state index < -0.39 is 5.60 Å². The summed E-state index contributed by atoms with van der Waals surface area (Å²) in [5.41, 5.74) is 10.9. The van der Waals surface area contributed by atoms with Gasteiger partial charge in [-0.1, -0.05) is 18.2 Å². The molecule has 2 aromatic heterocycles. The number of hydrogen-bond acceptors (Lipinski definition) is 7. The Labute approximate surface area is 234 Å². The first-order chi connectivity index (χ1) is 19.0. The van der Waals surface area contributed by atoms with Gasteiger partial charge in [-0.3, -0.25) is 4.98 Å². The van der Waals surface area contributed by atoms with Crippen molar-refractivity contribution in [2.75, 3.05) is 27.4 Å². The average molecular weight is 548 g/mol. The number of methoxy groups -OCH3 is 1. The summed E-state index contributed by atoms with van der Waals surface area (Å²) >= 11 is 0. The Hall–Kier alpha value is -3.66. The Morgan fingerprint density at radius 2 is 1.90 bits per heavy atom. The van der Waals surface area contributed by atoms with E-state index in [9.17, 15) is 5.11 Å². The lowest BCUT2D eigenvalue weighted by Gasteiger charge is -2.33. The van der Waals surface area contributed by atoms with Gasteiger partial charge in [0.25, 0.3) is 0 Å². The molecule has 1 aliphatic rings. The van der Waals surface area contributed by atoms with Gasteiger partial charge in [0.05, 0.1) is 41.0 Å². The zero-order chi connectivity index (χ0) is 28.8. The predicted molar refractivity (Wildman–Crippen MR) is 156 cm³/mol. The van der Waals surface area contributed by atoms with E-state index in [1.807, 2.05) is 30.3 Å². The normalized spacial score (nSPS) is 16.3. The fourth-order valence-electron chi connectivity index (χ4n) is 5.93. The van der Waals surface area contributed by atoms with E-state index in [2.05, 4.69) is 4.57 Å². The van der Waals surface area contributed by atoms with E-state index in [1.54, 1.807) is 40.1 Å². The smallest absolute Gasteiger partial charge is 0.132 e. The molecule has 0 aliphatic carbocycles. The first-order valence-electron chi connectivity index (χ1n) is 13.5. The van der Waals surface area contributed by atoms with Crippen molar-refractivity contribution in [3.8, 4) is 5.75 Å². The van der Waals surface area contributed by atoms with Crippen molar-refractivity contribution >= 4 is 27.6 Å². The molecular weight excluding hydrogens is 509 g/mol. The van der Waals surface area contributed by atoms with Gasteiger partial charge in [0.15, 0.2) is 0 Å². The molecule has 2 aromatic carbocycles. The fourth-order valence-corrected chi connectivity index (χ4v) is 5.93. The highest BCUT2D eigenvalue weighted by Gasteiger charge is 2.33. The molecule has 0 radical (unpaired) electrons. The van der Waals surface area contributed by atoms with E-state index in [4.69, 9.17) is 26.0 Å². The van der Waals surface area contributed by atoms with E-state index in [0.717, 1.165) is 45.9 Å². The number of aromatic nitrogens is 2. The standard InChI is InChI=1S/C31H38FN5O3/c1-18(33)29(36(4)34)20-14-27-28(35-17-20)24-8-6-21(31(2,3)38)15-26(24)37(27)30(19-10-12-40-13-11-19)23-9-7-22(39-5)16-25(23)32/h6-9,14-17,19,30,38H,10-13,33-34H2,1-5H3/b29-18-. The Morgan fingerprint density at radius 3 is 2.50 bits per heavy atom. The summed E-state index contributed by atoms with van der Waals surface area (Å²) in [5, 5.41) is 13.3. The first-order valence-corrected chi connectivity index (χ1v) is 13.5.